The fourth-order valence-electron chi connectivity index (χ4n) is 0.698. The van der Waals surface area contributed by atoms with Gasteiger partial charge in [-0.25, -0.2) is 0 Å². The molecule has 0 saturated carbocycles. The monoisotopic (exact) mass is 175 g/mol. The van der Waals surface area contributed by atoms with Gasteiger partial charge in [0.2, 0.25) is 0 Å². The van der Waals surface area contributed by atoms with Crippen molar-refractivity contribution in [3.63, 3.8) is 0 Å². The molecule has 12 heavy (non-hydrogen) atoms. The zero-order chi connectivity index (χ0) is 9.40. The lowest BCUT2D eigenvalue weighted by Crippen LogP contribution is -2.15. The second kappa shape index (κ2) is 6.72. The molecule has 0 aliphatic rings. The predicted molar refractivity (Wildman–Crippen MR) is 42.7 cm³/mol. The summed E-state index contributed by atoms with van der Waals surface area (Å²) in [5.41, 5.74) is 0. The Morgan fingerprint density at radius 1 is 1.58 bits per heavy atom. The molecule has 0 aliphatic carbocycles. The predicted octanol–water partition coefficient (Wildman–Crippen LogP) is 0.721. The van der Waals surface area contributed by atoms with Crippen molar-refractivity contribution in [2.24, 2.45) is 5.18 Å². The summed E-state index contributed by atoms with van der Waals surface area (Å²) in [6.07, 6.45) is 0.414. The van der Waals surface area contributed by atoms with Gasteiger partial charge in [0.05, 0.1) is 13.2 Å². The van der Waals surface area contributed by atoms with E-state index in [0.29, 0.717) is 6.42 Å². The topological polar surface area (TPSA) is 65.0 Å². The quantitative estimate of drug-likeness (QED) is 0.440. The molecule has 0 amide bonds. The first kappa shape index (κ1) is 11.0. The molecule has 1 atom stereocenters. The van der Waals surface area contributed by atoms with E-state index in [9.17, 15) is 9.70 Å². The Kier molecular flexibility index (Phi) is 6.18. The van der Waals surface area contributed by atoms with Crippen LogP contribution in [0.15, 0.2) is 5.18 Å². The number of hydrogen-bond donors (Lipinski definition) is 0. The van der Waals surface area contributed by atoms with Crippen molar-refractivity contribution in [1.82, 2.24) is 0 Å². The minimum atomic E-state index is -0.422. The third kappa shape index (κ3) is 5.79. The Morgan fingerprint density at radius 2 is 2.25 bits per heavy atom. The van der Waals surface area contributed by atoms with Crippen molar-refractivity contribution in [2.75, 3.05) is 20.3 Å². The van der Waals surface area contributed by atoms with Crippen molar-refractivity contribution >= 4 is 5.97 Å². The molecule has 5 nitrogen and oxygen atoms in total. The van der Waals surface area contributed by atoms with E-state index in [2.05, 4.69) is 9.91 Å². The van der Waals surface area contributed by atoms with Gasteiger partial charge in [0, 0.05) is 20.5 Å². The van der Waals surface area contributed by atoms with Gasteiger partial charge in [-0.15, -0.1) is 0 Å². The number of nitrogens with zero attached hydrogens (tertiary/aromatic N) is 1. The van der Waals surface area contributed by atoms with Crippen LogP contribution >= 0.6 is 0 Å². The number of rotatable bonds is 6. The summed E-state index contributed by atoms with van der Waals surface area (Å²) in [6.45, 7) is 1.81. The Labute approximate surface area is 71.0 Å². The molecule has 0 aromatic heterocycles. The minimum absolute atomic E-state index is 0.217. The van der Waals surface area contributed by atoms with Crippen LogP contribution in [0.4, 0.5) is 0 Å². The van der Waals surface area contributed by atoms with Gasteiger partial charge in [-0.2, -0.15) is 4.91 Å². The molecular weight excluding hydrogens is 162 g/mol. The molecule has 0 saturated heterocycles. The number of methoxy groups -OCH3 is 1. The van der Waals surface area contributed by atoms with Crippen LogP contribution in [-0.4, -0.2) is 32.3 Å². The second-order valence-corrected chi connectivity index (χ2v) is 2.34. The van der Waals surface area contributed by atoms with E-state index < -0.39 is 6.04 Å². The molecule has 0 rings (SSSR count). The van der Waals surface area contributed by atoms with Crippen molar-refractivity contribution in [2.45, 2.75) is 19.4 Å². The number of esters is 1. The van der Waals surface area contributed by atoms with E-state index >= 15 is 0 Å². The van der Waals surface area contributed by atoms with E-state index in [1.807, 2.05) is 0 Å². The molecule has 0 aromatic carbocycles. The van der Waals surface area contributed by atoms with Gasteiger partial charge in [-0.3, -0.25) is 4.79 Å². The van der Waals surface area contributed by atoms with Gasteiger partial charge in [0.1, 0.15) is 6.04 Å². The van der Waals surface area contributed by atoms with Gasteiger partial charge < -0.3 is 9.47 Å². The van der Waals surface area contributed by atoms with Crippen LogP contribution < -0.4 is 0 Å². The van der Waals surface area contributed by atoms with Crippen LogP contribution in [0.5, 0.6) is 0 Å². The Morgan fingerprint density at radius 3 is 2.67 bits per heavy atom. The lowest BCUT2D eigenvalue weighted by atomic mass is 10.2. The van der Waals surface area contributed by atoms with Crippen LogP contribution in [-0.2, 0) is 14.3 Å². The number of ether oxygens (including phenoxy) is 2. The van der Waals surface area contributed by atoms with Crippen LogP contribution in [0, 0.1) is 4.91 Å². The smallest absolute Gasteiger partial charge is 0.302 e. The first-order valence-corrected chi connectivity index (χ1v) is 3.65. The van der Waals surface area contributed by atoms with Gasteiger partial charge in [0.25, 0.3) is 0 Å². The van der Waals surface area contributed by atoms with Crippen LogP contribution in [0.1, 0.15) is 13.3 Å². The summed E-state index contributed by atoms with van der Waals surface area (Å²) in [5, 5.41) is 2.81. The highest BCUT2D eigenvalue weighted by molar-refractivity contribution is 5.65. The van der Waals surface area contributed by atoms with Crippen LogP contribution in [0.3, 0.4) is 0 Å². The summed E-state index contributed by atoms with van der Waals surface area (Å²) in [6, 6.07) is -0.422. The van der Waals surface area contributed by atoms with Gasteiger partial charge >= 0.3 is 5.97 Å². The summed E-state index contributed by atoms with van der Waals surface area (Å²) in [4.78, 5) is 20.4. The summed E-state index contributed by atoms with van der Waals surface area (Å²) >= 11 is 0. The standard InChI is InChI=1S/C7H13NO4/c1-6(9)12-4-3-7(8-10)5-11-2/h7H,3-5H2,1-2H3. The van der Waals surface area contributed by atoms with Gasteiger partial charge in [-0.05, 0) is 0 Å². The van der Waals surface area contributed by atoms with Crippen molar-refractivity contribution in [3.05, 3.63) is 4.91 Å². The van der Waals surface area contributed by atoms with Crippen LogP contribution in [0.25, 0.3) is 0 Å². The minimum Gasteiger partial charge on any atom is -0.466 e. The zero-order valence-corrected chi connectivity index (χ0v) is 7.28. The van der Waals surface area contributed by atoms with Crippen molar-refractivity contribution < 1.29 is 14.3 Å². The van der Waals surface area contributed by atoms with E-state index in [1.54, 1.807) is 0 Å². The van der Waals surface area contributed by atoms with E-state index in [1.165, 1.54) is 14.0 Å². The highest BCUT2D eigenvalue weighted by atomic mass is 16.5. The molecule has 70 valence electrons. The van der Waals surface area contributed by atoms with Crippen molar-refractivity contribution in [3.8, 4) is 0 Å². The fraction of sp³-hybridized carbons (Fsp3) is 0.857. The number of nitroso groups, excluding NO2 is 1. The molecule has 0 fully saturated rings. The number of carbonyl (C=O) groups is 1. The van der Waals surface area contributed by atoms with E-state index in [-0.39, 0.29) is 19.2 Å². The third-order valence-corrected chi connectivity index (χ3v) is 1.26. The lowest BCUT2D eigenvalue weighted by molar-refractivity contribution is -0.141. The molecule has 0 heterocycles. The first-order chi connectivity index (χ1) is 5.70. The number of hydrogen-bond acceptors (Lipinski definition) is 5. The van der Waals surface area contributed by atoms with Gasteiger partial charge in [-0.1, -0.05) is 5.18 Å². The molecule has 0 radical (unpaired) electrons. The first-order valence-electron chi connectivity index (χ1n) is 3.65. The average Bonchev–Trinajstić information content (AvgIpc) is 2.02. The summed E-state index contributed by atoms with van der Waals surface area (Å²) in [7, 11) is 1.49. The van der Waals surface area contributed by atoms with Crippen LogP contribution in [0.2, 0.25) is 0 Å². The average molecular weight is 175 g/mol. The highest BCUT2D eigenvalue weighted by Gasteiger charge is 2.08. The Hall–Kier alpha value is -0.970. The molecule has 0 N–H and O–H groups in total. The fourth-order valence-corrected chi connectivity index (χ4v) is 0.698. The molecule has 1 unspecified atom stereocenters. The molecule has 5 heteroatoms. The molecule has 0 bridgehead atoms. The summed E-state index contributed by atoms with van der Waals surface area (Å²) < 4.78 is 9.35. The number of carbonyl (C=O) groups excluding carboxylic acids is 1. The van der Waals surface area contributed by atoms with Gasteiger partial charge in [0.15, 0.2) is 0 Å². The lowest BCUT2D eigenvalue weighted by Gasteiger charge is -2.06. The summed E-state index contributed by atoms with van der Waals surface area (Å²) in [5.74, 6) is -0.350. The third-order valence-electron chi connectivity index (χ3n) is 1.26. The SMILES string of the molecule is COCC(CCOC(C)=O)N=O. The Bertz CT molecular complexity index is 148. The maximum atomic E-state index is 10.3. The zero-order valence-electron chi connectivity index (χ0n) is 7.28. The largest absolute Gasteiger partial charge is 0.466 e. The second-order valence-electron chi connectivity index (χ2n) is 2.34. The maximum absolute atomic E-state index is 10.3. The molecule has 0 spiro atoms. The normalized spacial score (nSPS) is 12.2. The molecule has 0 aromatic rings. The molecular formula is C7H13NO4. The maximum Gasteiger partial charge on any atom is 0.302 e. The molecule has 0 aliphatic heterocycles. The van der Waals surface area contributed by atoms with E-state index in [0.717, 1.165) is 0 Å². The van der Waals surface area contributed by atoms with Crippen molar-refractivity contribution in [1.29, 1.82) is 0 Å². The van der Waals surface area contributed by atoms with E-state index in [4.69, 9.17) is 4.74 Å². The highest BCUT2D eigenvalue weighted by Crippen LogP contribution is 1.98. The Balaban J connectivity index is 3.44.